The van der Waals surface area contributed by atoms with Crippen molar-refractivity contribution >= 4 is 27.3 Å². The average molecular weight is 302 g/mol. The summed E-state index contributed by atoms with van der Waals surface area (Å²) >= 11 is 0. The fourth-order valence-corrected chi connectivity index (χ4v) is 2.30. The molecule has 0 aromatic heterocycles. The van der Waals surface area contributed by atoms with Crippen LogP contribution >= 0.6 is 0 Å². The molecule has 1 aromatic carbocycles. The molecule has 0 fully saturated rings. The second kappa shape index (κ2) is 6.07. The molecule has 1 aromatic rings. The minimum absolute atomic E-state index is 0.0489. The summed E-state index contributed by atoms with van der Waals surface area (Å²) in [7, 11) is -0.763. The fourth-order valence-electron chi connectivity index (χ4n) is 1.37. The van der Waals surface area contributed by atoms with E-state index in [2.05, 4.69) is 5.32 Å². The lowest BCUT2D eigenvalue weighted by Gasteiger charge is -2.15. The third-order valence-corrected chi connectivity index (χ3v) is 4.43. The van der Waals surface area contributed by atoms with Gasteiger partial charge in [0.25, 0.3) is 0 Å². The van der Waals surface area contributed by atoms with Crippen LogP contribution in [0.1, 0.15) is 0 Å². The molecule has 0 spiro atoms. The van der Waals surface area contributed by atoms with E-state index in [0.717, 1.165) is 4.31 Å². The van der Waals surface area contributed by atoms with Crippen LogP contribution in [0.4, 0.5) is 11.4 Å². The van der Waals surface area contributed by atoms with Gasteiger partial charge < -0.3 is 21.9 Å². The first-order valence-electron chi connectivity index (χ1n) is 5.69. The predicted octanol–water partition coefficient (Wildman–Crippen LogP) is -1.22. The summed E-state index contributed by atoms with van der Waals surface area (Å²) in [5.74, 6) is -0.881. The van der Waals surface area contributed by atoms with Crippen LogP contribution in [0.25, 0.3) is 0 Å². The highest BCUT2D eigenvalue weighted by molar-refractivity contribution is 7.89. The van der Waals surface area contributed by atoms with Gasteiger partial charge in [0.15, 0.2) is 0 Å². The van der Waals surface area contributed by atoms with Gasteiger partial charge >= 0.3 is 0 Å². The van der Waals surface area contributed by atoms with Crippen LogP contribution in [0, 0.1) is 0 Å². The second-order valence-electron chi connectivity index (χ2n) is 4.34. The Morgan fingerprint density at radius 2 is 2.05 bits per heavy atom. The molecule has 1 rings (SSSR count). The van der Waals surface area contributed by atoms with Crippen molar-refractivity contribution in [1.82, 2.24) is 4.31 Å². The van der Waals surface area contributed by atoms with Gasteiger partial charge in [-0.1, -0.05) is 0 Å². The molecule has 1 amide bonds. The normalized spacial score (nSPS) is 13.2. The van der Waals surface area contributed by atoms with Crippen molar-refractivity contribution in [3.05, 3.63) is 18.2 Å². The number of benzene rings is 1. The molecule has 0 aliphatic heterocycles. The number of rotatable bonds is 6. The summed E-state index contributed by atoms with van der Waals surface area (Å²) in [6.45, 7) is -0.162. The van der Waals surface area contributed by atoms with Gasteiger partial charge in [0.1, 0.15) is 6.10 Å². The number of nitrogens with zero attached hydrogens (tertiary/aromatic N) is 1. The molecule has 6 N–H and O–H groups in total. The largest absolute Gasteiger partial charge is 0.397 e. The number of nitrogen functional groups attached to an aromatic ring is 1. The molecule has 20 heavy (non-hydrogen) atoms. The molecule has 0 aliphatic carbocycles. The quantitative estimate of drug-likeness (QED) is 0.486. The van der Waals surface area contributed by atoms with Crippen molar-refractivity contribution < 1.29 is 18.3 Å². The van der Waals surface area contributed by atoms with Crippen molar-refractivity contribution in [2.24, 2.45) is 5.73 Å². The number of hydrogen-bond acceptors (Lipinski definition) is 6. The number of amides is 1. The van der Waals surface area contributed by atoms with Crippen molar-refractivity contribution in [3.8, 4) is 0 Å². The zero-order valence-electron chi connectivity index (χ0n) is 11.2. The number of sulfonamides is 1. The Morgan fingerprint density at radius 1 is 1.45 bits per heavy atom. The SMILES string of the molecule is CN(C)S(=O)(=O)c1ccc(N)c(NCC(O)C(N)=O)c1. The standard InChI is InChI=1S/C11H18N4O4S/c1-15(2)20(18,19)7-3-4-8(12)9(5-7)14-6-10(16)11(13)17/h3-5,10,14,16H,6,12H2,1-2H3,(H2,13,17). The maximum atomic E-state index is 12.0. The van der Waals surface area contributed by atoms with Gasteiger partial charge in [-0.3, -0.25) is 4.79 Å². The van der Waals surface area contributed by atoms with Crippen LogP contribution in [0.15, 0.2) is 23.1 Å². The molecule has 8 nitrogen and oxygen atoms in total. The van der Waals surface area contributed by atoms with Gasteiger partial charge in [0.2, 0.25) is 15.9 Å². The second-order valence-corrected chi connectivity index (χ2v) is 6.49. The molecule has 0 bridgehead atoms. The summed E-state index contributed by atoms with van der Waals surface area (Å²) in [5, 5.41) is 12.0. The summed E-state index contributed by atoms with van der Waals surface area (Å²) in [4.78, 5) is 10.8. The van der Waals surface area contributed by atoms with Crippen LogP contribution in [0.3, 0.4) is 0 Å². The zero-order valence-corrected chi connectivity index (χ0v) is 12.0. The van der Waals surface area contributed by atoms with Gasteiger partial charge in [0, 0.05) is 20.6 Å². The van der Waals surface area contributed by atoms with Crippen LogP contribution in [0.2, 0.25) is 0 Å². The Bertz CT molecular complexity index is 600. The Labute approximate surface area is 117 Å². The summed E-state index contributed by atoms with van der Waals surface area (Å²) in [5.41, 5.74) is 11.2. The van der Waals surface area contributed by atoms with Gasteiger partial charge in [-0.2, -0.15) is 0 Å². The average Bonchev–Trinajstić information content (AvgIpc) is 2.36. The molecule has 0 saturated carbocycles. The highest BCUT2D eigenvalue weighted by atomic mass is 32.2. The van der Waals surface area contributed by atoms with Crippen molar-refractivity contribution in [2.75, 3.05) is 31.7 Å². The first kappa shape index (κ1) is 16.2. The number of nitrogens with two attached hydrogens (primary N) is 2. The van der Waals surface area contributed by atoms with E-state index in [9.17, 15) is 18.3 Å². The zero-order chi connectivity index (χ0) is 15.5. The molecule has 9 heteroatoms. The van der Waals surface area contributed by atoms with Crippen molar-refractivity contribution in [2.45, 2.75) is 11.0 Å². The number of primary amides is 1. The highest BCUT2D eigenvalue weighted by Crippen LogP contribution is 2.24. The molecular weight excluding hydrogens is 284 g/mol. The first-order chi connectivity index (χ1) is 9.16. The fraction of sp³-hybridized carbons (Fsp3) is 0.364. The number of aliphatic hydroxyl groups is 1. The molecule has 1 atom stereocenters. The van der Waals surface area contributed by atoms with E-state index in [1.807, 2.05) is 0 Å². The van der Waals surface area contributed by atoms with E-state index in [1.54, 1.807) is 0 Å². The van der Waals surface area contributed by atoms with E-state index in [-0.39, 0.29) is 11.4 Å². The third-order valence-electron chi connectivity index (χ3n) is 2.62. The minimum Gasteiger partial charge on any atom is -0.397 e. The van der Waals surface area contributed by atoms with Crippen LogP contribution in [0.5, 0.6) is 0 Å². The summed E-state index contributed by atoms with van der Waals surface area (Å²) in [6, 6.07) is 4.13. The molecule has 1 unspecified atom stereocenters. The van der Waals surface area contributed by atoms with E-state index in [4.69, 9.17) is 11.5 Å². The molecule has 112 valence electrons. The van der Waals surface area contributed by atoms with Gasteiger partial charge in [-0.15, -0.1) is 0 Å². The minimum atomic E-state index is -3.59. The van der Waals surface area contributed by atoms with E-state index in [0.29, 0.717) is 11.4 Å². The Morgan fingerprint density at radius 3 is 2.55 bits per heavy atom. The van der Waals surface area contributed by atoms with Crippen molar-refractivity contribution in [3.63, 3.8) is 0 Å². The van der Waals surface area contributed by atoms with Gasteiger partial charge in [-0.25, -0.2) is 12.7 Å². The number of anilines is 2. The summed E-state index contributed by atoms with van der Waals surface area (Å²) in [6.07, 6.45) is -1.39. The molecule has 0 radical (unpaired) electrons. The lowest BCUT2D eigenvalue weighted by molar-refractivity contribution is -0.125. The molecule has 0 aliphatic rings. The first-order valence-corrected chi connectivity index (χ1v) is 7.13. The lowest BCUT2D eigenvalue weighted by atomic mass is 10.2. The predicted molar refractivity (Wildman–Crippen MR) is 75.4 cm³/mol. The number of aliphatic hydroxyl groups excluding tert-OH is 1. The van der Waals surface area contributed by atoms with E-state index in [1.165, 1.54) is 32.3 Å². The highest BCUT2D eigenvalue weighted by Gasteiger charge is 2.19. The number of carbonyl (C=O) groups is 1. The van der Waals surface area contributed by atoms with Crippen LogP contribution in [-0.4, -0.2) is 50.5 Å². The Balaban J connectivity index is 3.02. The molecule has 0 heterocycles. The van der Waals surface area contributed by atoms with Crippen molar-refractivity contribution in [1.29, 1.82) is 0 Å². The maximum absolute atomic E-state index is 12.0. The van der Waals surface area contributed by atoms with Crippen LogP contribution < -0.4 is 16.8 Å². The smallest absolute Gasteiger partial charge is 0.248 e. The Kier molecular flexibility index (Phi) is 4.93. The Hall–Kier alpha value is -1.84. The van der Waals surface area contributed by atoms with E-state index >= 15 is 0 Å². The monoisotopic (exact) mass is 302 g/mol. The van der Waals surface area contributed by atoms with Gasteiger partial charge in [-0.05, 0) is 18.2 Å². The topological polar surface area (TPSA) is 139 Å². The number of hydrogen-bond donors (Lipinski definition) is 4. The summed E-state index contributed by atoms with van der Waals surface area (Å²) < 4.78 is 25.0. The number of carbonyl (C=O) groups excluding carboxylic acids is 1. The maximum Gasteiger partial charge on any atom is 0.248 e. The van der Waals surface area contributed by atoms with Gasteiger partial charge in [0.05, 0.1) is 16.3 Å². The van der Waals surface area contributed by atoms with Crippen LogP contribution in [-0.2, 0) is 14.8 Å². The third kappa shape index (κ3) is 3.59. The molecule has 0 saturated heterocycles. The number of nitrogens with one attached hydrogen (secondary N) is 1. The molecular formula is C11H18N4O4S. The lowest BCUT2D eigenvalue weighted by Crippen LogP contribution is -2.34. The van der Waals surface area contributed by atoms with E-state index < -0.39 is 22.0 Å².